The van der Waals surface area contributed by atoms with E-state index in [-0.39, 0.29) is 18.6 Å². The van der Waals surface area contributed by atoms with Gasteiger partial charge in [-0.05, 0) is 19.9 Å². The van der Waals surface area contributed by atoms with Crippen LogP contribution in [0.1, 0.15) is 19.4 Å². The molecular weight excluding hydrogens is 388 g/mol. The molecule has 0 aliphatic heterocycles. The summed E-state index contributed by atoms with van der Waals surface area (Å²) in [5, 5.41) is 1.93. The van der Waals surface area contributed by atoms with Gasteiger partial charge in [-0.1, -0.05) is 18.2 Å². The molecule has 0 bridgehead atoms. The van der Waals surface area contributed by atoms with E-state index in [1.165, 1.54) is 26.0 Å². The van der Waals surface area contributed by atoms with Crippen LogP contribution in [0.2, 0.25) is 0 Å². The van der Waals surface area contributed by atoms with Crippen molar-refractivity contribution in [2.24, 2.45) is 0 Å². The molecule has 0 saturated heterocycles. The monoisotopic (exact) mass is 408 g/mol. The fraction of sp³-hybridized carbons (Fsp3) is 0.438. The summed E-state index contributed by atoms with van der Waals surface area (Å²) in [5.74, 6) is -1.70. The van der Waals surface area contributed by atoms with Crippen LogP contribution in [-0.4, -0.2) is 37.5 Å². The van der Waals surface area contributed by atoms with E-state index in [1.807, 2.05) is 5.09 Å². The molecule has 0 fully saturated rings. The number of nitrogens with one attached hydrogen (secondary N) is 2. The van der Waals surface area contributed by atoms with Gasteiger partial charge in [0.2, 0.25) is 5.54 Å². The summed E-state index contributed by atoms with van der Waals surface area (Å²) in [4.78, 5) is 15.1. The first kappa shape index (κ1) is 21.4. The number of hydrogen-bond acceptors (Lipinski definition) is 5. The van der Waals surface area contributed by atoms with Crippen molar-refractivity contribution in [3.63, 3.8) is 0 Å². The summed E-state index contributed by atoms with van der Waals surface area (Å²) in [6.45, 7) is 2.47. The van der Waals surface area contributed by atoms with Crippen molar-refractivity contribution in [3.8, 4) is 0 Å². The lowest BCUT2D eigenvalue weighted by molar-refractivity contribution is -0.211. The number of para-hydroxylation sites is 1. The van der Waals surface area contributed by atoms with E-state index in [2.05, 4.69) is 9.72 Å². The number of carbonyl (C=O) groups excluding carboxylic acids is 1. The van der Waals surface area contributed by atoms with Crippen LogP contribution in [-0.2, 0) is 28.7 Å². The van der Waals surface area contributed by atoms with Gasteiger partial charge in [-0.3, -0.25) is 9.05 Å². The highest BCUT2D eigenvalue weighted by Crippen LogP contribution is 2.53. The Bertz CT molecular complexity index is 844. The van der Waals surface area contributed by atoms with Gasteiger partial charge in [0.25, 0.3) is 0 Å². The highest BCUT2D eigenvalue weighted by atomic mass is 31.2. The zero-order chi connectivity index (χ0) is 20.3. The van der Waals surface area contributed by atoms with E-state index in [0.29, 0.717) is 5.52 Å². The average molecular weight is 408 g/mol. The van der Waals surface area contributed by atoms with Gasteiger partial charge < -0.3 is 9.72 Å². The molecular formula is C16H20F3N2O5P. The number of H-pyrrole nitrogens is 1. The molecule has 7 nitrogen and oxygen atoms in total. The van der Waals surface area contributed by atoms with E-state index < -0.39 is 31.0 Å². The van der Waals surface area contributed by atoms with Crippen molar-refractivity contribution in [1.29, 1.82) is 0 Å². The summed E-state index contributed by atoms with van der Waals surface area (Å²) >= 11 is 0. The van der Waals surface area contributed by atoms with E-state index in [9.17, 15) is 22.5 Å². The van der Waals surface area contributed by atoms with Crippen molar-refractivity contribution in [2.45, 2.75) is 25.6 Å². The molecule has 11 heteroatoms. The smallest absolute Gasteiger partial charge is 0.422 e. The van der Waals surface area contributed by atoms with Crippen LogP contribution in [0.4, 0.5) is 13.2 Å². The van der Waals surface area contributed by atoms with E-state index in [1.54, 1.807) is 12.1 Å². The van der Waals surface area contributed by atoms with Crippen molar-refractivity contribution < 1.29 is 36.3 Å². The highest BCUT2D eigenvalue weighted by molar-refractivity contribution is 7.51. The number of methoxy groups -OCH3 is 1. The molecule has 0 aliphatic carbocycles. The van der Waals surface area contributed by atoms with Crippen molar-refractivity contribution in [2.75, 3.05) is 20.3 Å². The number of rotatable bonds is 8. The number of halogens is 3. The van der Waals surface area contributed by atoms with Gasteiger partial charge in [0.15, 0.2) is 0 Å². The van der Waals surface area contributed by atoms with Crippen LogP contribution in [0, 0.1) is 0 Å². The normalized spacial score (nSPS) is 14.9. The third-order valence-electron chi connectivity index (χ3n) is 3.81. The van der Waals surface area contributed by atoms with E-state index >= 15 is 0 Å². The second-order valence-corrected chi connectivity index (χ2v) is 7.17. The molecule has 27 heavy (non-hydrogen) atoms. The molecule has 2 N–H and O–H groups in total. The number of benzene rings is 1. The molecule has 0 saturated carbocycles. The van der Waals surface area contributed by atoms with Gasteiger partial charge in [0, 0.05) is 22.7 Å². The standard InChI is InChI=1S/C16H20F3N2O5P/c1-4-25-27(23,26-5-2)21-15(14(22)24-3,16(17,18)19)12-10-20-13-9-7-6-8-11(12)13/h6-10,20H,4-5H2,1-3H3,(H,21,23). The fourth-order valence-corrected chi connectivity index (χ4v) is 4.36. The van der Waals surface area contributed by atoms with Gasteiger partial charge in [-0.15, -0.1) is 0 Å². The first-order chi connectivity index (χ1) is 12.6. The van der Waals surface area contributed by atoms with E-state index in [0.717, 1.165) is 13.3 Å². The van der Waals surface area contributed by atoms with Gasteiger partial charge in [0.1, 0.15) is 0 Å². The highest BCUT2D eigenvalue weighted by Gasteiger charge is 2.66. The summed E-state index contributed by atoms with van der Waals surface area (Å²) in [7, 11) is -3.70. The number of esters is 1. The molecule has 1 unspecified atom stereocenters. The Morgan fingerprint density at radius 3 is 2.30 bits per heavy atom. The van der Waals surface area contributed by atoms with Crippen LogP contribution in [0.15, 0.2) is 30.5 Å². The SMILES string of the molecule is CCOP(=O)(NC(C(=O)OC)(c1c[nH]c2ccccc12)C(F)(F)F)OCC. The number of aromatic amines is 1. The van der Waals surface area contributed by atoms with Gasteiger partial charge in [-0.2, -0.15) is 18.3 Å². The summed E-state index contributed by atoms with van der Waals surface area (Å²) in [6.07, 6.45) is -4.21. The molecule has 2 rings (SSSR count). The minimum absolute atomic E-state index is 0.104. The summed E-state index contributed by atoms with van der Waals surface area (Å²) < 4.78 is 70.1. The van der Waals surface area contributed by atoms with Crippen LogP contribution < -0.4 is 5.09 Å². The predicted molar refractivity (Wildman–Crippen MR) is 92.0 cm³/mol. The number of alkyl halides is 3. The number of ether oxygens (including phenoxy) is 1. The Kier molecular flexibility index (Phi) is 6.36. The molecule has 2 aromatic rings. The zero-order valence-electron chi connectivity index (χ0n) is 14.9. The minimum Gasteiger partial charge on any atom is -0.467 e. The van der Waals surface area contributed by atoms with E-state index in [4.69, 9.17) is 9.05 Å². The van der Waals surface area contributed by atoms with Crippen LogP contribution in [0.3, 0.4) is 0 Å². The summed E-state index contributed by atoms with van der Waals surface area (Å²) in [6, 6.07) is 6.08. The van der Waals surface area contributed by atoms with Gasteiger partial charge in [-0.25, -0.2) is 9.36 Å². The first-order valence-corrected chi connectivity index (χ1v) is 9.59. The Balaban J connectivity index is 2.79. The van der Waals surface area contributed by atoms with Crippen LogP contribution in [0.5, 0.6) is 0 Å². The molecule has 0 aliphatic rings. The Morgan fingerprint density at radius 1 is 1.19 bits per heavy atom. The molecule has 0 radical (unpaired) electrons. The lowest BCUT2D eigenvalue weighted by Crippen LogP contribution is -2.59. The third kappa shape index (κ3) is 3.89. The van der Waals surface area contributed by atoms with Crippen molar-refractivity contribution >= 4 is 24.6 Å². The largest absolute Gasteiger partial charge is 0.467 e. The average Bonchev–Trinajstić information content (AvgIpc) is 3.02. The molecule has 1 aromatic heterocycles. The number of hydrogen-bond donors (Lipinski definition) is 2. The Hall–Kier alpha value is -1.87. The first-order valence-electron chi connectivity index (χ1n) is 8.05. The quantitative estimate of drug-likeness (QED) is 0.509. The van der Waals surface area contributed by atoms with Crippen LogP contribution in [0.25, 0.3) is 10.9 Å². The maximum atomic E-state index is 14.3. The molecule has 1 heterocycles. The van der Waals surface area contributed by atoms with Crippen molar-refractivity contribution in [3.05, 3.63) is 36.0 Å². The predicted octanol–water partition coefficient (Wildman–Crippen LogP) is 3.87. The van der Waals surface area contributed by atoms with Crippen LogP contribution >= 0.6 is 7.75 Å². The number of aromatic nitrogens is 1. The Labute approximate surface area is 153 Å². The maximum Gasteiger partial charge on any atom is 0.422 e. The zero-order valence-corrected chi connectivity index (χ0v) is 15.8. The third-order valence-corrected chi connectivity index (χ3v) is 5.62. The Morgan fingerprint density at radius 2 is 1.78 bits per heavy atom. The van der Waals surface area contributed by atoms with Crippen molar-refractivity contribution in [1.82, 2.24) is 10.1 Å². The molecule has 150 valence electrons. The lowest BCUT2D eigenvalue weighted by Gasteiger charge is -2.35. The van der Waals surface area contributed by atoms with Gasteiger partial charge >= 0.3 is 19.9 Å². The molecule has 1 aromatic carbocycles. The number of carbonyl (C=O) groups is 1. The maximum absolute atomic E-state index is 14.3. The molecule has 0 spiro atoms. The topological polar surface area (TPSA) is 89.6 Å². The van der Waals surface area contributed by atoms with Gasteiger partial charge in [0.05, 0.1) is 20.3 Å². The fourth-order valence-electron chi connectivity index (χ4n) is 2.73. The molecule has 1 atom stereocenters. The minimum atomic E-state index is -5.23. The second-order valence-electron chi connectivity index (χ2n) is 5.43. The molecule has 0 amide bonds. The number of fused-ring (bicyclic) bond motifs is 1. The lowest BCUT2D eigenvalue weighted by atomic mass is 9.90. The second kappa shape index (κ2) is 8.02. The summed E-state index contributed by atoms with van der Waals surface area (Å²) in [5.41, 5.74) is -3.62.